The summed E-state index contributed by atoms with van der Waals surface area (Å²) < 4.78 is 31.0. The lowest BCUT2D eigenvalue weighted by Crippen LogP contribution is -2.39. The van der Waals surface area contributed by atoms with Crippen LogP contribution in [0.15, 0.2) is 17.3 Å². The molecule has 0 spiro atoms. The van der Waals surface area contributed by atoms with Gasteiger partial charge < -0.3 is 33.3 Å². The summed E-state index contributed by atoms with van der Waals surface area (Å²) in [5.41, 5.74) is 0.751. The van der Waals surface area contributed by atoms with Crippen molar-refractivity contribution in [2.24, 2.45) is 0 Å². The van der Waals surface area contributed by atoms with Crippen molar-refractivity contribution in [3.05, 3.63) is 28.5 Å². The van der Waals surface area contributed by atoms with Gasteiger partial charge in [0.25, 0.3) is 0 Å². The first-order valence-corrected chi connectivity index (χ1v) is 8.18. The number of carbonyl (C=O) groups excluding carboxylic acids is 3. The van der Waals surface area contributed by atoms with Crippen LogP contribution in [0.4, 0.5) is 5.69 Å². The van der Waals surface area contributed by atoms with E-state index >= 15 is 0 Å². The summed E-state index contributed by atoms with van der Waals surface area (Å²) in [7, 11) is 5.20. The van der Waals surface area contributed by atoms with E-state index in [0.717, 1.165) is 0 Å². The van der Waals surface area contributed by atoms with Crippen molar-refractivity contribution in [2.45, 2.75) is 6.61 Å². The highest BCUT2D eigenvalue weighted by molar-refractivity contribution is 6.07. The van der Waals surface area contributed by atoms with Crippen LogP contribution < -0.4 is 14.4 Å². The third-order valence-corrected chi connectivity index (χ3v) is 4.39. The van der Waals surface area contributed by atoms with Crippen molar-refractivity contribution in [3.8, 4) is 11.5 Å². The summed E-state index contributed by atoms with van der Waals surface area (Å²) in [6, 6.07) is 1.62. The summed E-state index contributed by atoms with van der Waals surface area (Å²) in [6.45, 7) is -0.266. The number of esters is 3. The number of carbonyl (C=O) groups is 3. The van der Waals surface area contributed by atoms with Gasteiger partial charge in [-0.1, -0.05) is 0 Å². The van der Waals surface area contributed by atoms with E-state index in [-0.39, 0.29) is 48.2 Å². The van der Waals surface area contributed by atoms with Crippen LogP contribution in [0.1, 0.15) is 15.9 Å². The Morgan fingerprint density at radius 1 is 1.04 bits per heavy atom. The molecule has 0 aromatic heterocycles. The lowest BCUT2D eigenvalue weighted by molar-refractivity contribution is -0.140. The fourth-order valence-electron chi connectivity index (χ4n) is 3.16. The third kappa shape index (κ3) is 3.01. The molecular formula is C18H19NO9. The molecule has 150 valence electrons. The minimum Gasteiger partial charge on any atom is -0.493 e. The second kappa shape index (κ2) is 7.77. The van der Waals surface area contributed by atoms with Crippen molar-refractivity contribution in [3.63, 3.8) is 0 Å². The average Bonchev–Trinajstić information content (AvgIpc) is 3.10. The Morgan fingerprint density at radius 2 is 1.75 bits per heavy atom. The number of hydrogen-bond donors (Lipinski definition) is 0. The summed E-state index contributed by atoms with van der Waals surface area (Å²) >= 11 is 0. The van der Waals surface area contributed by atoms with Gasteiger partial charge in [0.15, 0.2) is 11.5 Å². The van der Waals surface area contributed by atoms with E-state index in [4.69, 9.17) is 28.4 Å². The maximum Gasteiger partial charge on any atom is 0.355 e. The lowest BCUT2D eigenvalue weighted by Gasteiger charge is -2.33. The van der Waals surface area contributed by atoms with Gasteiger partial charge in [0.2, 0.25) is 0 Å². The molecule has 2 aliphatic rings. The number of cyclic esters (lactones) is 1. The summed E-state index contributed by atoms with van der Waals surface area (Å²) in [5.74, 6) is -1.65. The minimum absolute atomic E-state index is 0.0390. The molecule has 0 aliphatic carbocycles. The van der Waals surface area contributed by atoms with E-state index in [1.807, 2.05) is 0 Å². The first-order chi connectivity index (χ1) is 13.5. The Morgan fingerprint density at radius 3 is 2.36 bits per heavy atom. The highest BCUT2D eigenvalue weighted by Crippen LogP contribution is 2.47. The first kappa shape index (κ1) is 19.5. The largest absolute Gasteiger partial charge is 0.493 e. The molecule has 0 unspecified atom stereocenters. The minimum atomic E-state index is -0.798. The van der Waals surface area contributed by atoms with E-state index in [0.29, 0.717) is 11.3 Å². The highest BCUT2D eigenvalue weighted by Gasteiger charge is 2.39. The van der Waals surface area contributed by atoms with Gasteiger partial charge in [0, 0.05) is 5.56 Å². The molecule has 28 heavy (non-hydrogen) atoms. The van der Waals surface area contributed by atoms with Crippen LogP contribution in [0.3, 0.4) is 0 Å². The smallest absolute Gasteiger partial charge is 0.355 e. The van der Waals surface area contributed by atoms with Crippen molar-refractivity contribution in [2.75, 3.05) is 46.7 Å². The molecule has 10 nitrogen and oxygen atoms in total. The van der Waals surface area contributed by atoms with E-state index in [1.54, 1.807) is 6.07 Å². The molecule has 0 radical (unpaired) electrons. The fraction of sp³-hybridized carbons (Fsp3) is 0.389. The van der Waals surface area contributed by atoms with Gasteiger partial charge >= 0.3 is 17.9 Å². The molecule has 0 N–H and O–H groups in total. The molecule has 0 amide bonds. The number of fused-ring (bicyclic) bond motifs is 1. The van der Waals surface area contributed by atoms with E-state index < -0.39 is 17.9 Å². The quantitative estimate of drug-likeness (QED) is 0.525. The summed E-state index contributed by atoms with van der Waals surface area (Å²) in [4.78, 5) is 38.5. The Labute approximate surface area is 160 Å². The van der Waals surface area contributed by atoms with Crippen LogP contribution in [0, 0.1) is 0 Å². The van der Waals surface area contributed by atoms with Crippen LogP contribution in [0.25, 0.3) is 0 Å². The zero-order valence-corrected chi connectivity index (χ0v) is 15.8. The van der Waals surface area contributed by atoms with Crippen LogP contribution in [-0.2, 0) is 35.1 Å². The third-order valence-electron chi connectivity index (χ3n) is 4.39. The number of rotatable bonds is 5. The highest BCUT2D eigenvalue weighted by atomic mass is 16.5. The van der Waals surface area contributed by atoms with Crippen molar-refractivity contribution in [1.82, 2.24) is 0 Å². The Kier molecular flexibility index (Phi) is 5.41. The van der Waals surface area contributed by atoms with E-state index in [9.17, 15) is 14.4 Å². The predicted molar refractivity (Wildman–Crippen MR) is 93.0 cm³/mol. The normalized spacial score (nSPS) is 15.7. The fourth-order valence-corrected chi connectivity index (χ4v) is 3.16. The van der Waals surface area contributed by atoms with Gasteiger partial charge in [-0.3, -0.25) is 0 Å². The molecule has 2 aliphatic heterocycles. The zero-order valence-electron chi connectivity index (χ0n) is 15.8. The van der Waals surface area contributed by atoms with E-state index in [2.05, 4.69) is 0 Å². The predicted octanol–water partition coefficient (Wildman–Crippen LogP) is 0.768. The Hall–Kier alpha value is -3.27. The average molecular weight is 393 g/mol. The van der Waals surface area contributed by atoms with Crippen molar-refractivity contribution >= 4 is 23.6 Å². The number of nitrogens with zero attached hydrogens (tertiary/aromatic N) is 1. The first-order valence-electron chi connectivity index (χ1n) is 8.18. The van der Waals surface area contributed by atoms with Gasteiger partial charge in [-0.15, -0.1) is 0 Å². The second-order valence-electron chi connectivity index (χ2n) is 5.79. The topological polar surface area (TPSA) is 110 Å². The molecule has 2 heterocycles. The van der Waals surface area contributed by atoms with Crippen LogP contribution in [-0.4, -0.2) is 59.7 Å². The van der Waals surface area contributed by atoms with Crippen LogP contribution >= 0.6 is 0 Å². The monoisotopic (exact) mass is 393 g/mol. The van der Waals surface area contributed by atoms with Crippen LogP contribution in [0.5, 0.6) is 11.5 Å². The number of benzene rings is 1. The standard InChI is InChI=1S/C18H19NO9/c1-23-11-5-9-6-28-17(21)12(9)14(15(11)24-2)19-8-27-7-10(16(20)25-3)13(19)18(22)26-4/h5H,6-8H2,1-4H3. The number of methoxy groups -OCH3 is 4. The molecular weight excluding hydrogens is 374 g/mol. The second-order valence-corrected chi connectivity index (χ2v) is 5.79. The number of ether oxygens (including phenoxy) is 6. The van der Waals surface area contributed by atoms with E-state index in [1.165, 1.54) is 33.3 Å². The SMILES string of the molecule is COC(=O)C1=C(C(=O)OC)N(c2c(OC)c(OC)cc3c2C(=O)OC3)COC1. The molecule has 1 aromatic rings. The van der Waals surface area contributed by atoms with Gasteiger partial charge in [-0.05, 0) is 6.07 Å². The van der Waals surface area contributed by atoms with Gasteiger partial charge in [0.1, 0.15) is 24.7 Å². The number of anilines is 1. The Balaban J connectivity index is 2.32. The maximum atomic E-state index is 12.5. The van der Waals surface area contributed by atoms with Gasteiger partial charge in [-0.25, -0.2) is 14.4 Å². The summed E-state index contributed by atoms with van der Waals surface area (Å²) in [6.07, 6.45) is 0. The van der Waals surface area contributed by atoms with Crippen molar-refractivity contribution in [1.29, 1.82) is 0 Å². The molecule has 0 bridgehead atoms. The summed E-state index contributed by atoms with van der Waals surface area (Å²) in [5, 5.41) is 0. The molecule has 0 saturated carbocycles. The molecule has 3 rings (SSSR count). The lowest BCUT2D eigenvalue weighted by atomic mass is 10.0. The Bertz CT molecular complexity index is 874. The zero-order chi connectivity index (χ0) is 20.4. The van der Waals surface area contributed by atoms with Crippen LogP contribution in [0.2, 0.25) is 0 Å². The molecule has 0 atom stereocenters. The van der Waals surface area contributed by atoms with Crippen molar-refractivity contribution < 1.29 is 42.8 Å². The number of hydrogen-bond acceptors (Lipinski definition) is 10. The molecule has 1 aromatic carbocycles. The van der Waals surface area contributed by atoms with Gasteiger partial charge in [0.05, 0.1) is 46.2 Å². The molecule has 0 saturated heterocycles. The molecule has 0 fully saturated rings. The van der Waals surface area contributed by atoms with Gasteiger partial charge in [-0.2, -0.15) is 0 Å². The molecule has 10 heteroatoms. The maximum absolute atomic E-state index is 12.5.